The molecule has 0 amide bonds. The van der Waals surface area contributed by atoms with Crippen LogP contribution in [0.5, 0.6) is 5.75 Å². The third-order valence-corrected chi connectivity index (χ3v) is 4.98. The summed E-state index contributed by atoms with van der Waals surface area (Å²) in [7, 11) is -0.777. The molecule has 0 saturated carbocycles. The van der Waals surface area contributed by atoms with Gasteiger partial charge in [-0.25, -0.2) is 0 Å². The van der Waals surface area contributed by atoms with Gasteiger partial charge in [0.25, 0.3) is 0 Å². The highest BCUT2D eigenvalue weighted by atomic mass is 32.2. The second kappa shape index (κ2) is 5.51. The van der Waals surface area contributed by atoms with Gasteiger partial charge in [-0.15, -0.1) is 0 Å². The van der Waals surface area contributed by atoms with Crippen LogP contribution >= 0.6 is 0 Å². The van der Waals surface area contributed by atoms with E-state index in [2.05, 4.69) is 0 Å². The zero-order valence-electron chi connectivity index (χ0n) is 11.4. The van der Waals surface area contributed by atoms with Crippen LogP contribution in [0.4, 0.5) is 5.69 Å². The summed E-state index contributed by atoms with van der Waals surface area (Å²) in [4.78, 5) is 0. The van der Waals surface area contributed by atoms with Gasteiger partial charge in [-0.2, -0.15) is 0 Å². The molecule has 0 bridgehead atoms. The van der Waals surface area contributed by atoms with Gasteiger partial charge >= 0.3 is 0 Å². The number of hydrogen-bond donors (Lipinski definition) is 2. The van der Waals surface area contributed by atoms with Crippen molar-refractivity contribution < 1.29 is 14.1 Å². The molecule has 2 rings (SSSR count). The Bertz CT molecular complexity index is 468. The number of aliphatic hydroxyl groups is 1. The summed E-state index contributed by atoms with van der Waals surface area (Å²) < 4.78 is 17.0. The van der Waals surface area contributed by atoms with Crippen LogP contribution in [0.1, 0.15) is 24.0 Å². The maximum Gasteiger partial charge on any atom is 0.120 e. The van der Waals surface area contributed by atoms with Crippen molar-refractivity contribution in [1.82, 2.24) is 0 Å². The van der Waals surface area contributed by atoms with E-state index in [0.29, 0.717) is 24.3 Å². The molecule has 1 fully saturated rings. The number of ether oxygens (including phenoxy) is 1. The molecule has 1 aromatic rings. The minimum absolute atomic E-state index is 0.243. The number of rotatable bonds is 3. The third-order valence-electron chi connectivity index (χ3n) is 3.66. The summed E-state index contributed by atoms with van der Waals surface area (Å²) in [5, 5.41) is 10.4. The van der Waals surface area contributed by atoms with Crippen molar-refractivity contribution in [3.05, 3.63) is 23.3 Å². The second-order valence-corrected chi connectivity index (χ2v) is 7.03. The molecule has 1 aromatic carbocycles. The molecule has 1 aliphatic rings. The zero-order chi connectivity index (χ0) is 14.0. The minimum Gasteiger partial charge on any atom is -0.491 e. The number of benzene rings is 1. The van der Waals surface area contributed by atoms with Crippen LogP contribution in [-0.2, 0) is 10.8 Å². The Morgan fingerprint density at radius 2 is 1.84 bits per heavy atom. The number of anilines is 1. The van der Waals surface area contributed by atoms with Gasteiger partial charge in [0.05, 0.1) is 0 Å². The van der Waals surface area contributed by atoms with E-state index in [9.17, 15) is 9.32 Å². The summed E-state index contributed by atoms with van der Waals surface area (Å²) in [5.41, 5.74) is 7.78. The fourth-order valence-electron chi connectivity index (χ4n) is 2.21. The highest BCUT2D eigenvalue weighted by molar-refractivity contribution is 7.85. The highest BCUT2D eigenvalue weighted by Crippen LogP contribution is 2.27. The molecule has 106 valence electrons. The van der Waals surface area contributed by atoms with E-state index in [1.807, 2.05) is 26.0 Å². The van der Waals surface area contributed by atoms with Crippen molar-refractivity contribution in [2.75, 3.05) is 23.8 Å². The van der Waals surface area contributed by atoms with Gasteiger partial charge in [0, 0.05) is 28.0 Å². The summed E-state index contributed by atoms with van der Waals surface area (Å²) in [6.45, 7) is 4.12. The molecule has 0 aromatic heterocycles. The Balaban J connectivity index is 2.01. The molecule has 4 nitrogen and oxygen atoms in total. The number of nitrogen functional groups attached to an aromatic ring is 1. The van der Waals surface area contributed by atoms with Gasteiger partial charge in [-0.3, -0.25) is 4.21 Å². The molecule has 0 aliphatic carbocycles. The quantitative estimate of drug-likeness (QED) is 0.825. The first-order chi connectivity index (χ1) is 8.89. The van der Waals surface area contributed by atoms with Crippen LogP contribution in [0, 0.1) is 13.8 Å². The van der Waals surface area contributed by atoms with Crippen LogP contribution in [0.3, 0.4) is 0 Å². The van der Waals surface area contributed by atoms with Crippen molar-refractivity contribution >= 4 is 16.5 Å². The maximum absolute atomic E-state index is 11.3. The fourth-order valence-corrected chi connectivity index (χ4v) is 3.63. The Kier molecular flexibility index (Phi) is 4.16. The maximum atomic E-state index is 11.3. The molecule has 5 heteroatoms. The van der Waals surface area contributed by atoms with Crippen molar-refractivity contribution in [2.45, 2.75) is 32.3 Å². The minimum atomic E-state index is -0.850. The Morgan fingerprint density at radius 1 is 1.32 bits per heavy atom. The molecule has 1 saturated heterocycles. The Morgan fingerprint density at radius 3 is 2.37 bits per heavy atom. The van der Waals surface area contributed by atoms with E-state index in [1.54, 1.807) is 0 Å². The normalized spacial score (nSPS) is 27.2. The molecule has 0 spiro atoms. The van der Waals surface area contributed by atoms with Crippen LogP contribution < -0.4 is 10.5 Å². The lowest BCUT2D eigenvalue weighted by atomic mass is 9.98. The Hall–Kier alpha value is -1.07. The largest absolute Gasteiger partial charge is 0.491 e. The van der Waals surface area contributed by atoms with E-state index in [4.69, 9.17) is 10.5 Å². The third kappa shape index (κ3) is 3.48. The van der Waals surface area contributed by atoms with E-state index in [1.165, 1.54) is 0 Å². The molecule has 19 heavy (non-hydrogen) atoms. The fraction of sp³-hybridized carbons (Fsp3) is 0.571. The van der Waals surface area contributed by atoms with E-state index < -0.39 is 16.4 Å². The van der Waals surface area contributed by atoms with Gasteiger partial charge in [0.1, 0.15) is 18.0 Å². The predicted octanol–water partition coefficient (Wildman–Crippen LogP) is 1.54. The van der Waals surface area contributed by atoms with Gasteiger partial charge in [-0.05, 0) is 49.9 Å². The van der Waals surface area contributed by atoms with Crippen LogP contribution in [0.2, 0.25) is 0 Å². The summed E-state index contributed by atoms with van der Waals surface area (Å²) in [5.74, 6) is 1.84. The number of hydrogen-bond acceptors (Lipinski definition) is 4. The number of nitrogens with two attached hydrogens (primary N) is 1. The highest BCUT2D eigenvalue weighted by Gasteiger charge is 2.32. The van der Waals surface area contributed by atoms with E-state index in [-0.39, 0.29) is 6.61 Å². The van der Waals surface area contributed by atoms with E-state index in [0.717, 1.165) is 22.6 Å². The molecular weight excluding hydrogens is 262 g/mol. The SMILES string of the molecule is Cc1cc(OCC2(O)CCS(=O)CC2)cc(C)c1N. The molecule has 1 heterocycles. The smallest absolute Gasteiger partial charge is 0.120 e. The van der Waals surface area contributed by atoms with Crippen LogP contribution in [-0.4, -0.2) is 33.0 Å². The van der Waals surface area contributed by atoms with Crippen LogP contribution in [0.15, 0.2) is 12.1 Å². The number of aryl methyl sites for hydroxylation is 2. The molecule has 0 unspecified atom stereocenters. The molecule has 1 aliphatic heterocycles. The van der Waals surface area contributed by atoms with Crippen LogP contribution in [0.25, 0.3) is 0 Å². The zero-order valence-corrected chi connectivity index (χ0v) is 12.3. The van der Waals surface area contributed by atoms with Gasteiger partial charge in [-0.1, -0.05) is 0 Å². The lowest BCUT2D eigenvalue weighted by Gasteiger charge is -2.31. The van der Waals surface area contributed by atoms with Gasteiger partial charge < -0.3 is 15.6 Å². The summed E-state index contributed by atoms with van der Waals surface area (Å²) in [6.07, 6.45) is 1.07. The standard InChI is InChI=1S/C14H21NO3S/c1-10-7-12(8-11(2)13(10)15)18-9-14(16)3-5-19(17)6-4-14/h7-8,16H,3-6,9,15H2,1-2H3. The van der Waals surface area contributed by atoms with Gasteiger partial charge in [0.2, 0.25) is 0 Å². The van der Waals surface area contributed by atoms with Crippen molar-refractivity contribution in [3.8, 4) is 5.75 Å². The lowest BCUT2D eigenvalue weighted by molar-refractivity contribution is -0.0122. The topological polar surface area (TPSA) is 72.5 Å². The predicted molar refractivity (Wildman–Crippen MR) is 77.9 cm³/mol. The van der Waals surface area contributed by atoms with Gasteiger partial charge in [0.15, 0.2) is 0 Å². The first-order valence-electron chi connectivity index (χ1n) is 6.46. The molecule has 3 N–H and O–H groups in total. The lowest BCUT2D eigenvalue weighted by Crippen LogP contribution is -2.42. The summed E-state index contributed by atoms with van der Waals surface area (Å²) in [6, 6.07) is 3.76. The van der Waals surface area contributed by atoms with Crippen molar-refractivity contribution in [2.24, 2.45) is 0 Å². The average molecular weight is 283 g/mol. The van der Waals surface area contributed by atoms with Crippen molar-refractivity contribution in [1.29, 1.82) is 0 Å². The molecule has 0 radical (unpaired) electrons. The van der Waals surface area contributed by atoms with E-state index >= 15 is 0 Å². The molecular formula is C14H21NO3S. The van der Waals surface area contributed by atoms with Crippen molar-refractivity contribution in [3.63, 3.8) is 0 Å². The Labute approximate surface area is 116 Å². The average Bonchev–Trinajstić information content (AvgIpc) is 2.37. The first-order valence-corrected chi connectivity index (χ1v) is 7.95. The summed E-state index contributed by atoms with van der Waals surface area (Å²) >= 11 is 0. The molecule has 0 atom stereocenters. The monoisotopic (exact) mass is 283 g/mol. The second-order valence-electron chi connectivity index (χ2n) is 5.33. The first kappa shape index (κ1) is 14.3.